The molecule has 4 saturated heterocycles. The number of benzene rings is 1. The van der Waals surface area contributed by atoms with Gasteiger partial charge in [0.1, 0.15) is 12.1 Å². The highest BCUT2D eigenvalue weighted by Gasteiger charge is 2.52. The average Bonchev–Trinajstić information content (AvgIpc) is 3.36. The zero-order chi connectivity index (χ0) is 32.6. The first kappa shape index (κ1) is 30.9. The van der Waals surface area contributed by atoms with E-state index < -0.39 is 31.5 Å². The van der Waals surface area contributed by atoms with E-state index in [0.29, 0.717) is 52.7 Å². The van der Waals surface area contributed by atoms with E-state index in [1.54, 1.807) is 11.0 Å². The Kier molecular flexibility index (Phi) is 7.66. The molecule has 1 saturated carbocycles. The minimum atomic E-state index is -4.97. The maximum Gasteiger partial charge on any atom is 0.363 e. The number of amides is 3. The number of fused-ring (bicyclic) bond motifs is 3. The van der Waals surface area contributed by atoms with E-state index >= 15 is 0 Å². The number of hydrogen-bond donors (Lipinski definition) is 3. The highest BCUT2D eigenvalue weighted by Crippen LogP contribution is 2.53. The molecule has 11 nitrogen and oxygen atoms in total. The lowest BCUT2D eigenvalue weighted by Crippen LogP contribution is -2.59. The summed E-state index contributed by atoms with van der Waals surface area (Å²) in [5, 5.41) is 3.45. The second-order valence-corrected chi connectivity index (χ2v) is 16.5. The van der Waals surface area contributed by atoms with Crippen LogP contribution in [0.3, 0.4) is 0 Å². The van der Waals surface area contributed by atoms with Gasteiger partial charge in [-0.05, 0) is 85.6 Å². The summed E-state index contributed by atoms with van der Waals surface area (Å²) in [6, 6.07) is 6.46. The molecule has 0 spiro atoms. The third-order valence-corrected chi connectivity index (χ3v) is 12.8. The summed E-state index contributed by atoms with van der Waals surface area (Å²) >= 11 is 1.17. The van der Waals surface area contributed by atoms with E-state index in [4.69, 9.17) is 0 Å². The molecular formula is C33H37FN5O6PS. The molecule has 1 aromatic carbocycles. The summed E-state index contributed by atoms with van der Waals surface area (Å²) in [4.78, 5) is 70.8. The molecule has 248 valence electrons. The number of thiophene rings is 1. The minimum absolute atomic E-state index is 0.0220. The summed E-state index contributed by atoms with van der Waals surface area (Å²) in [5.74, 6) is -2.07. The number of rotatable bonds is 7. The normalized spacial score (nSPS) is 28.1. The molecule has 14 heteroatoms. The second-order valence-electron chi connectivity index (χ2n) is 13.8. The van der Waals surface area contributed by atoms with Crippen molar-refractivity contribution in [2.75, 3.05) is 31.1 Å². The van der Waals surface area contributed by atoms with Crippen LogP contribution in [0, 0.1) is 11.8 Å². The number of alkyl halides is 1. The Bertz CT molecular complexity index is 1810. The topological polar surface area (TPSA) is 143 Å². The number of pyridine rings is 1. The van der Waals surface area contributed by atoms with Crippen molar-refractivity contribution < 1.29 is 33.1 Å². The van der Waals surface area contributed by atoms with Gasteiger partial charge in [-0.15, -0.1) is 11.3 Å². The van der Waals surface area contributed by atoms with Crippen molar-refractivity contribution in [2.45, 2.75) is 68.5 Å². The van der Waals surface area contributed by atoms with Gasteiger partial charge in [0.25, 0.3) is 5.91 Å². The van der Waals surface area contributed by atoms with Crippen LogP contribution in [0.4, 0.5) is 10.1 Å². The fraction of sp³-hybridized carbons (Fsp3) is 0.515. The highest BCUT2D eigenvalue weighted by molar-refractivity contribution is 7.51. The van der Waals surface area contributed by atoms with Gasteiger partial charge in [-0.2, -0.15) is 0 Å². The minimum Gasteiger partial charge on any atom is -0.371 e. The van der Waals surface area contributed by atoms with E-state index in [-0.39, 0.29) is 29.3 Å². The number of nitrogens with zero attached hydrogens (tertiary/aromatic N) is 4. The fourth-order valence-electron chi connectivity index (χ4n) is 8.00. The molecule has 3 aromatic rings. The lowest BCUT2D eigenvalue weighted by atomic mass is 9.89. The van der Waals surface area contributed by atoms with Crippen molar-refractivity contribution in [3.63, 3.8) is 0 Å². The SMILES string of the molecule is O=C(N[C@H]1C[C@@H]2C[C@@H]2C[C@H]2CC[C@@H](C(=O)N3CC(c4cnccc4N4CCC4)C3)N2C1=O)c1cc2cc([C@@H](F)P(=O)(O)O)ccc2s1. The first-order chi connectivity index (χ1) is 22.5. The number of hydrogen-bond acceptors (Lipinski definition) is 7. The molecule has 47 heavy (non-hydrogen) atoms. The molecule has 5 fully saturated rings. The molecule has 6 heterocycles. The first-order valence-electron chi connectivity index (χ1n) is 16.4. The maximum absolute atomic E-state index is 14.3. The monoisotopic (exact) mass is 681 g/mol. The van der Waals surface area contributed by atoms with Gasteiger partial charge >= 0.3 is 7.60 Å². The third-order valence-electron chi connectivity index (χ3n) is 10.8. The van der Waals surface area contributed by atoms with Gasteiger partial charge in [0, 0.05) is 66.5 Å². The van der Waals surface area contributed by atoms with Gasteiger partial charge in [-0.25, -0.2) is 4.39 Å². The number of likely N-dealkylation sites (tertiary alicyclic amines) is 1. The zero-order valence-electron chi connectivity index (χ0n) is 25.7. The number of carbonyl (C=O) groups is 3. The van der Waals surface area contributed by atoms with Gasteiger partial charge < -0.3 is 29.8 Å². The maximum atomic E-state index is 14.3. The lowest BCUT2D eigenvalue weighted by molar-refractivity contribution is -0.149. The Morgan fingerprint density at radius 1 is 1.06 bits per heavy atom. The largest absolute Gasteiger partial charge is 0.371 e. The van der Waals surface area contributed by atoms with Crippen LogP contribution in [0.5, 0.6) is 0 Å². The molecule has 5 aliphatic rings. The smallest absolute Gasteiger partial charge is 0.363 e. The van der Waals surface area contributed by atoms with Crippen LogP contribution >= 0.6 is 18.9 Å². The number of halogens is 1. The van der Waals surface area contributed by atoms with Crippen LogP contribution in [0.25, 0.3) is 10.1 Å². The van der Waals surface area contributed by atoms with Crippen molar-refractivity contribution in [1.29, 1.82) is 0 Å². The van der Waals surface area contributed by atoms with E-state index in [1.807, 2.05) is 17.3 Å². The summed E-state index contributed by atoms with van der Waals surface area (Å²) < 4.78 is 26.4. The van der Waals surface area contributed by atoms with Crippen LogP contribution in [0.15, 0.2) is 42.7 Å². The van der Waals surface area contributed by atoms with Crippen LogP contribution in [-0.2, 0) is 14.2 Å². The number of aromatic nitrogens is 1. The van der Waals surface area contributed by atoms with Crippen LogP contribution in [0.1, 0.15) is 71.2 Å². The number of carbonyl (C=O) groups excluding carboxylic acids is 3. The Labute approximate surface area is 275 Å². The third kappa shape index (κ3) is 5.64. The van der Waals surface area contributed by atoms with Gasteiger partial charge in [-0.3, -0.25) is 23.9 Å². The van der Waals surface area contributed by atoms with Crippen molar-refractivity contribution in [1.82, 2.24) is 20.1 Å². The summed E-state index contributed by atoms with van der Waals surface area (Å²) in [6.45, 7) is 3.28. The summed E-state index contributed by atoms with van der Waals surface area (Å²) in [6.07, 6.45) is 8.72. The molecule has 0 bridgehead atoms. The fourth-order valence-corrected chi connectivity index (χ4v) is 9.50. The van der Waals surface area contributed by atoms with Gasteiger partial charge in [-0.1, -0.05) is 6.07 Å². The van der Waals surface area contributed by atoms with Crippen LogP contribution in [0.2, 0.25) is 0 Å². The van der Waals surface area contributed by atoms with E-state index in [1.165, 1.54) is 47.2 Å². The van der Waals surface area contributed by atoms with E-state index in [2.05, 4.69) is 21.3 Å². The van der Waals surface area contributed by atoms with Crippen molar-refractivity contribution in [3.05, 3.63) is 58.7 Å². The van der Waals surface area contributed by atoms with E-state index in [0.717, 1.165) is 32.4 Å². The number of nitrogens with one attached hydrogen (secondary N) is 1. The van der Waals surface area contributed by atoms with Crippen LogP contribution in [-0.4, -0.2) is 86.6 Å². The summed E-state index contributed by atoms with van der Waals surface area (Å²) in [7, 11) is -4.97. The molecule has 0 unspecified atom stereocenters. The molecule has 3 N–H and O–H groups in total. The first-order valence-corrected chi connectivity index (χ1v) is 18.9. The van der Waals surface area contributed by atoms with Crippen molar-refractivity contribution in [2.24, 2.45) is 11.8 Å². The molecule has 3 amide bonds. The molecule has 2 aromatic heterocycles. The van der Waals surface area contributed by atoms with Crippen molar-refractivity contribution >= 4 is 52.4 Å². The Morgan fingerprint density at radius 2 is 1.85 bits per heavy atom. The zero-order valence-corrected chi connectivity index (χ0v) is 27.4. The van der Waals surface area contributed by atoms with Gasteiger partial charge in [0.05, 0.1) is 4.88 Å². The predicted octanol–water partition coefficient (Wildman–Crippen LogP) is 4.17. The lowest BCUT2D eigenvalue weighted by Gasteiger charge is -2.45. The number of anilines is 1. The molecular weight excluding hydrogens is 644 g/mol. The highest BCUT2D eigenvalue weighted by atomic mass is 32.1. The van der Waals surface area contributed by atoms with Crippen LogP contribution < -0.4 is 10.2 Å². The molecule has 8 rings (SSSR count). The second kappa shape index (κ2) is 11.6. The quantitative estimate of drug-likeness (QED) is 0.316. The standard InChI is InChI=1S/C33H37FN5O6PS/c34-30(46(43,44)45)18-2-5-28-21(10-18)14-29(47-28)31(40)36-25-13-20-11-19(20)12-23-3-4-27(39(23)32(25)41)33(42)38-16-22(17-38)24-15-35-7-6-26(24)37-8-1-9-37/h2,5-7,10,14-15,19-20,22-23,25,27,30H,1,3-4,8-9,11-13,16-17H2,(H,36,40)(H2,43,44,45)/t19-,20+,23-,25+,27+,30+/m1/s1. The van der Waals surface area contributed by atoms with Gasteiger partial charge in [0.15, 0.2) is 0 Å². The van der Waals surface area contributed by atoms with Crippen molar-refractivity contribution in [3.8, 4) is 0 Å². The predicted molar refractivity (Wildman–Crippen MR) is 174 cm³/mol. The Balaban J connectivity index is 0.972. The molecule has 1 aliphatic carbocycles. The van der Waals surface area contributed by atoms with E-state index in [9.17, 15) is 33.1 Å². The van der Waals surface area contributed by atoms with Gasteiger partial charge in [0.2, 0.25) is 17.7 Å². The Hall–Kier alpha value is -3.38. The molecule has 6 atom stereocenters. The molecule has 4 aliphatic heterocycles. The summed E-state index contributed by atoms with van der Waals surface area (Å²) in [5.41, 5.74) is 2.22. The average molecular weight is 682 g/mol. The Morgan fingerprint density at radius 3 is 2.60 bits per heavy atom. The molecule has 0 radical (unpaired) electrons.